The van der Waals surface area contributed by atoms with Gasteiger partial charge in [0.1, 0.15) is 5.75 Å². The molecule has 0 aliphatic heterocycles. The van der Waals surface area contributed by atoms with Gasteiger partial charge in [0.15, 0.2) is 0 Å². The van der Waals surface area contributed by atoms with Crippen LogP contribution in [0, 0.1) is 0 Å². The predicted octanol–water partition coefficient (Wildman–Crippen LogP) is 1.48. The number of carbonyl (C=O) groups excluding carboxylic acids is 1. The predicted molar refractivity (Wildman–Crippen MR) is 68.1 cm³/mol. The molecule has 1 rings (SSSR count). The molecule has 0 saturated carbocycles. The third-order valence-electron chi connectivity index (χ3n) is 2.52. The van der Waals surface area contributed by atoms with Crippen LogP contribution in [0.1, 0.15) is 25.5 Å². The zero-order valence-corrected chi connectivity index (χ0v) is 10.6. The molecule has 1 atom stereocenters. The van der Waals surface area contributed by atoms with Gasteiger partial charge in [-0.3, -0.25) is 4.79 Å². The Morgan fingerprint density at radius 1 is 1.41 bits per heavy atom. The lowest BCUT2D eigenvalue weighted by atomic mass is 10.1. The highest BCUT2D eigenvalue weighted by Gasteiger charge is 2.12. The molecule has 1 amide bonds. The maximum Gasteiger partial charge on any atom is 0.234 e. The molecule has 0 spiro atoms. The van der Waals surface area contributed by atoms with E-state index in [0.717, 1.165) is 17.9 Å². The van der Waals surface area contributed by atoms with Crippen LogP contribution >= 0.6 is 0 Å². The van der Waals surface area contributed by atoms with Gasteiger partial charge in [0.05, 0.1) is 19.7 Å². The lowest BCUT2D eigenvalue weighted by molar-refractivity contribution is -0.120. The molecular formula is C13H20N2O2. The number of methoxy groups -OCH3 is 1. The van der Waals surface area contributed by atoms with Crippen molar-refractivity contribution in [2.45, 2.75) is 19.9 Å². The molecule has 0 heterocycles. The Balaban J connectivity index is 2.62. The average molecular weight is 236 g/mol. The maximum atomic E-state index is 11.6. The summed E-state index contributed by atoms with van der Waals surface area (Å²) in [5.41, 5.74) is 0.986. The Bertz CT molecular complexity index is 366. The smallest absolute Gasteiger partial charge is 0.234 e. The van der Waals surface area contributed by atoms with Gasteiger partial charge in [0, 0.05) is 5.56 Å². The van der Waals surface area contributed by atoms with Crippen LogP contribution in [0.15, 0.2) is 24.3 Å². The number of ether oxygens (including phenoxy) is 1. The number of amides is 1. The Labute approximate surface area is 102 Å². The van der Waals surface area contributed by atoms with Crippen LogP contribution in [0.2, 0.25) is 0 Å². The van der Waals surface area contributed by atoms with Crippen molar-refractivity contribution in [2.24, 2.45) is 0 Å². The summed E-state index contributed by atoms with van der Waals surface area (Å²) >= 11 is 0. The lowest BCUT2D eigenvalue weighted by Crippen LogP contribution is -2.35. The van der Waals surface area contributed by atoms with Crippen molar-refractivity contribution in [1.82, 2.24) is 10.6 Å². The number of carbonyl (C=O) groups is 1. The fraction of sp³-hybridized carbons (Fsp3) is 0.462. The molecule has 1 aromatic carbocycles. The van der Waals surface area contributed by atoms with Crippen LogP contribution in [0.5, 0.6) is 5.75 Å². The number of rotatable bonds is 6. The van der Waals surface area contributed by atoms with Crippen molar-refractivity contribution in [2.75, 3.05) is 20.2 Å². The monoisotopic (exact) mass is 236 g/mol. The van der Waals surface area contributed by atoms with Crippen molar-refractivity contribution >= 4 is 5.91 Å². The quantitative estimate of drug-likeness (QED) is 0.786. The van der Waals surface area contributed by atoms with Gasteiger partial charge in [0.2, 0.25) is 5.91 Å². The van der Waals surface area contributed by atoms with Crippen molar-refractivity contribution in [3.63, 3.8) is 0 Å². The molecule has 94 valence electrons. The van der Waals surface area contributed by atoms with Crippen LogP contribution in [0.4, 0.5) is 0 Å². The maximum absolute atomic E-state index is 11.6. The highest BCUT2D eigenvalue weighted by molar-refractivity contribution is 5.78. The van der Waals surface area contributed by atoms with Gasteiger partial charge in [-0.15, -0.1) is 0 Å². The van der Waals surface area contributed by atoms with E-state index in [9.17, 15) is 4.79 Å². The minimum absolute atomic E-state index is 0.00902. The summed E-state index contributed by atoms with van der Waals surface area (Å²) < 4.78 is 5.26. The first-order valence-electron chi connectivity index (χ1n) is 5.82. The molecule has 0 aromatic heterocycles. The first-order valence-corrected chi connectivity index (χ1v) is 5.82. The molecule has 0 fully saturated rings. The summed E-state index contributed by atoms with van der Waals surface area (Å²) in [6.07, 6.45) is 0. The average Bonchev–Trinajstić information content (AvgIpc) is 2.36. The van der Waals surface area contributed by atoms with E-state index in [1.165, 1.54) is 0 Å². The van der Waals surface area contributed by atoms with E-state index in [2.05, 4.69) is 10.6 Å². The highest BCUT2D eigenvalue weighted by atomic mass is 16.5. The van der Waals surface area contributed by atoms with Crippen LogP contribution in [-0.2, 0) is 4.79 Å². The molecule has 0 radical (unpaired) electrons. The van der Waals surface area contributed by atoms with E-state index in [0.29, 0.717) is 6.54 Å². The van der Waals surface area contributed by atoms with Gasteiger partial charge >= 0.3 is 0 Å². The zero-order chi connectivity index (χ0) is 12.7. The molecular weight excluding hydrogens is 216 g/mol. The second-order valence-corrected chi connectivity index (χ2v) is 3.81. The van der Waals surface area contributed by atoms with E-state index in [-0.39, 0.29) is 11.9 Å². The number of hydrogen-bond acceptors (Lipinski definition) is 3. The molecule has 1 aromatic rings. The number of likely N-dealkylation sites (N-methyl/N-ethyl adjacent to an activating group) is 1. The molecule has 2 N–H and O–H groups in total. The highest BCUT2D eigenvalue weighted by Crippen LogP contribution is 2.23. The molecule has 0 bridgehead atoms. The van der Waals surface area contributed by atoms with Crippen LogP contribution in [0.25, 0.3) is 0 Å². The Hall–Kier alpha value is -1.55. The van der Waals surface area contributed by atoms with Gasteiger partial charge in [-0.05, 0) is 19.5 Å². The van der Waals surface area contributed by atoms with Gasteiger partial charge in [0.25, 0.3) is 0 Å². The van der Waals surface area contributed by atoms with Crippen molar-refractivity contribution < 1.29 is 9.53 Å². The first kappa shape index (κ1) is 13.5. The van der Waals surface area contributed by atoms with Gasteiger partial charge < -0.3 is 15.4 Å². The Morgan fingerprint density at radius 3 is 2.76 bits per heavy atom. The molecule has 0 aliphatic rings. The molecule has 0 saturated heterocycles. The second-order valence-electron chi connectivity index (χ2n) is 3.81. The van der Waals surface area contributed by atoms with Crippen molar-refractivity contribution in [3.8, 4) is 5.75 Å². The number of para-hydroxylation sites is 1. The molecule has 4 nitrogen and oxygen atoms in total. The first-order chi connectivity index (χ1) is 8.19. The van der Waals surface area contributed by atoms with Crippen LogP contribution in [-0.4, -0.2) is 26.1 Å². The van der Waals surface area contributed by atoms with E-state index in [1.54, 1.807) is 7.11 Å². The molecule has 0 aliphatic carbocycles. The molecule has 17 heavy (non-hydrogen) atoms. The molecule has 0 unspecified atom stereocenters. The fourth-order valence-electron chi connectivity index (χ4n) is 1.63. The normalized spacial score (nSPS) is 11.9. The summed E-state index contributed by atoms with van der Waals surface area (Å²) in [5.74, 6) is 0.786. The lowest BCUT2D eigenvalue weighted by Gasteiger charge is -2.17. The Kier molecular flexibility index (Phi) is 5.49. The minimum Gasteiger partial charge on any atom is -0.496 e. The van der Waals surface area contributed by atoms with E-state index in [4.69, 9.17) is 4.74 Å². The van der Waals surface area contributed by atoms with Crippen LogP contribution in [0.3, 0.4) is 0 Å². The number of benzene rings is 1. The topological polar surface area (TPSA) is 50.4 Å². The standard InChI is InChI=1S/C13H20N2O2/c1-4-14-9-13(16)15-10(2)11-7-5-6-8-12(11)17-3/h5-8,10,14H,4,9H2,1-3H3,(H,15,16)/t10-/m0/s1. The summed E-state index contributed by atoms with van der Waals surface area (Å²) in [7, 11) is 1.63. The van der Waals surface area contributed by atoms with E-state index >= 15 is 0 Å². The van der Waals surface area contributed by atoms with Gasteiger partial charge in [-0.1, -0.05) is 25.1 Å². The van der Waals surface area contributed by atoms with Gasteiger partial charge in [-0.2, -0.15) is 0 Å². The van der Waals surface area contributed by atoms with E-state index < -0.39 is 0 Å². The third kappa shape index (κ3) is 4.07. The number of hydrogen-bond donors (Lipinski definition) is 2. The zero-order valence-electron chi connectivity index (χ0n) is 10.6. The minimum atomic E-state index is -0.0580. The fourth-order valence-corrected chi connectivity index (χ4v) is 1.63. The summed E-state index contributed by atoms with van der Waals surface area (Å²) in [5, 5.41) is 5.91. The van der Waals surface area contributed by atoms with Gasteiger partial charge in [-0.25, -0.2) is 0 Å². The molecule has 4 heteroatoms. The van der Waals surface area contributed by atoms with Crippen molar-refractivity contribution in [1.29, 1.82) is 0 Å². The van der Waals surface area contributed by atoms with Crippen LogP contribution < -0.4 is 15.4 Å². The van der Waals surface area contributed by atoms with Crippen molar-refractivity contribution in [3.05, 3.63) is 29.8 Å². The van der Waals surface area contributed by atoms with E-state index in [1.807, 2.05) is 38.1 Å². The summed E-state index contributed by atoms with van der Waals surface area (Å²) in [6, 6.07) is 7.64. The largest absolute Gasteiger partial charge is 0.496 e. The second kappa shape index (κ2) is 6.91. The summed E-state index contributed by atoms with van der Waals surface area (Å²) in [6.45, 7) is 5.05. The SMILES string of the molecule is CCNCC(=O)N[C@@H](C)c1ccccc1OC. The number of nitrogens with one attached hydrogen (secondary N) is 2. The third-order valence-corrected chi connectivity index (χ3v) is 2.52. The Morgan fingerprint density at radius 2 is 2.12 bits per heavy atom. The summed E-state index contributed by atoms with van der Waals surface area (Å²) in [4.78, 5) is 11.6.